The predicted octanol–water partition coefficient (Wildman–Crippen LogP) is -2.76. The van der Waals surface area contributed by atoms with Gasteiger partial charge < -0.3 is 43.7 Å². The first kappa shape index (κ1) is 28.5. The van der Waals surface area contributed by atoms with Crippen LogP contribution in [0.1, 0.15) is 0 Å². The van der Waals surface area contributed by atoms with Gasteiger partial charge in [0.2, 0.25) is 0 Å². The van der Waals surface area contributed by atoms with Gasteiger partial charge in [-0.1, -0.05) is 0 Å². The number of nitrogens with zero attached hydrogens (tertiary/aromatic N) is 3. The molecule has 210 valence electrons. The molecule has 0 aromatic heterocycles. The molecular formula is C24H45N3O9. The highest BCUT2D eigenvalue weighted by atomic mass is 16.6. The second kappa shape index (κ2) is 13.5. The summed E-state index contributed by atoms with van der Waals surface area (Å²) >= 11 is 0. The van der Waals surface area contributed by atoms with Gasteiger partial charge in [0.15, 0.2) is 0 Å². The summed E-state index contributed by atoms with van der Waals surface area (Å²) in [4.78, 5) is 6.66. The van der Waals surface area contributed by atoms with Gasteiger partial charge in [-0.2, -0.15) is 0 Å². The molecule has 4 aliphatic rings. The van der Waals surface area contributed by atoms with Gasteiger partial charge in [0.05, 0.1) is 79.3 Å². The van der Waals surface area contributed by atoms with Crippen LogP contribution < -0.4 is 0 Å². The van der Waals surface area contributed by atoms with Crippen LogP contribution in [0.3, 0.4) is 0 Å². The summed E-state index contributed by atoms with van der Waals surface area (Å²) in [5.74, 6) is 0. The Hall–Kier alpha value is -0.480. The Morgan fingerprint density at radius 1 is 0.389 bits per heavy atom. The lowest BCUT2D eigenvalue weighted by atomic mass is 10.1. The smallest absolute Gasteiger partial charge is 0.124 e. The molecule has 0 saturated carbocycles. The lowest BCUT2D eigenvalue weighted by molar-refractivity contribution is -0.0809. The van der Waals surface area contributed by atoms with E-state index in [2.05, 4.69) is 14.7 Å². The van der Waals surface area contributed by atoms with Gasteiger partial charge in [0.25, 0.3) is 0 Å². The van der Waals surface area contributed by atoms with Gasteiger partial charge >= 0.3 is 0 Å². The van der Waals surface area contributed by atoms with Crippen LogP contribution in [-0.4, -0.2) is 185 Å². The third-order valence-corrected chi connectivity index (χ3v) is 7.09. The zero-order valence-electron chi connectivity index (χ0n) is 21.5. The van der Waals surface area contributed by atoms with Crippen molar-refractivity contribution in [1.29, 1.82) is 0 Å². The topological polar surface area (TPSA) is 126 Å². The summed E-state index contributed by atoms with van der Waals surface area (Å²) in [5.41, 5.74) is -3.24. The van der Waals surface area contributed by atoms with Crippen LogP contribution >= 0.6 is 0 Å². The minimum absolute atomic E-state index is 0.236. The van der Waals surface area contributed by atoms with Crippen molar-refractivity contribution < 1.29 is 43.7 Å². The lowest BCUT2D eigenvalue weighted by Crippen LogP contribution is -2.53. The Balaban J connectivity index is 1.44. The minimum atomic E-state index is -1.08. The van der Waals surface area contributed by atoms with Crippen molar-refractivity contribution in [1.82, 2.24) is 14.7 Å². The molecule has 4 fully saturated rings. The maximum Gasteiger partial charge on any atom is 0.124 e. The summed E-state index contributed by atoms with van der Waals surface area (Å²) in [5, 5.41) is 33.5. The molecule has 0 spiro atoms. The molecule has 0 aromatic carbocycles. The first-order valence-corrected chi connectivity index (χ1v) is 13.2. The van der Waals surface area contributed by atoms with E-state index in [0.29, 0.717) is 98.5 Å². The van der Waals surface area contributed by atoms with E-state index in [1.807, 2.05) is 0 Å². The van der Waals surface area contributed by atoms with Gasteiger partial charge in [-0.25, -0.2) is 0 Å². The molecule has 12 nitrogen and oxygen atoms in total. The average molecular weight is 520 g/mol. The van der Waals surface area contributed by atoms with Crippen LogP contribution in [0.5, 0.6) is 0 Å². The van der Waals surface area contributed by atoms with Crippen LogP contribution in [0.25, 0.3) is 0 Å². The van der Waals surface area contributed by atoms with Crippen molar-refractivity contribution in [2.45, 2.75) is 16.8 Å². The van der Waals surface area contributed by atoms with Crippen molar-refractivity contribution in [2.75, 3.05) is 138 Å². The van der Waals surface area contributed by atoms with Gasteiger partial charge in [-0.3, -0.25) is 14.7 Å². The van der Waals surface area contributed by atoms with Gasteiger partial charge in [-0.15, -0.1) is 0 Å². The summed E-state index contributed by atoms with van der Waals surface area (Å²) < 4.78 is 33.5. The van der Waals surface area contributed by atoms with E-state index in [4.69, 9.17) is 28.4 Å². The van der Waals surface area contributed by atoms with Crippen molar-refractivity contribution in [3.63, 3.8) is 0 Å². The molecule has 12 heteroatoms. The number of rotatable bonds is 6. The number of hydrogen-bond acceptors (Lipinski definition) is 12. The maximum atomic E-state index is 11.2. The fourth-order valence-corrected chi connectivity index (χ4v) is 5.23. The zero-order chi connectivity index (χ0) is 25.3. The highest BCUT2D eigenvalue weighted by Crippen LogP contribution is 2.18. The molecule has 0 radical (unpaired) electrons. The van der Waals surface area contributed by atoms with Crippen molar-refractivity contribution in [3.05, 3.63) is 0 Å². The number of ether oxygens (including phenoxy) is 6. The van der Waals surface area contributed by atoms with Crippen LogP contribution in [0.4, 0.5) is 0 Å². The van der Waals surface area contributed by atoms with E-state index in [9.17, 15) is 15.3 Å². The molecule has 4 saturated heterocycles. The van der Waals surface area contributed by atoms with Crippen molar-refractivity contribution in [3.8, 4) is 0 Å². The Bertz CT molecular complexity index is 537. The van der Waals surface area contributed by atoms with E-state index in [1.165, 1.54) is 0 Å². The molecule has 4 aliphatic heterocycles. The molecule has 0 bridgehead atoms. The monoisotopic (exact) mass is 519 g/mol. The van der Waals surface area contributed by atoms with Gasteiger partial charge in [0, 0.05) is 58.9 Å². The Morgan fingerprint density at radius 3 is 0.778 bits per heavy atom. The van der Waals surface area contributed by atoms with E-state index in [0.717, 1.165) is 0 Å². The molecule has 0 aliphatic carbocycles. The fourth-order valence-electron chi connectivity index (χ4n) is 5.23. The van der Waals surface area contributed by atoms with Crippen LogP contribution in [0.15, 0.2) is 0 Å². The summed E-state index contributed by atoms with van der Waals surface area (Å²) in [7, 11) is 0. The quantitative estimate of drug-likeness (QED) is 0.337. The SMILES string of the molecule is OC1(CN2CCN(CC3(O)COCCOC3)CCN(CC3(O)COCCOC3)CC2)COCCOC1. The van der Waals surface area contributed by atoms with Crippen LogP contribution in [-0.2, 0) is 28.4 Å². The van der Waals surface area contributed by atoms with E-state index in [-0.39, 0.29) is 39.6 Å². The average Bonchev–Trinajstić information content (AvgIpc) is 3.27. The van der Waals surface area contributed by atoms with E-state index in [1.54, 1.807) is 0 Å². The van der Waals surface area contributed by atoms with Crippen LogP contribution in [0, 0.1) is 0 Å². The van der Waals surface area contributed by atoms with E-state index < -0.39 is 16.8 Å². The fraction of sp³-hybridized carbons (Fsp3) is 1.00. The molecule has 4 heterocycles. The maximum absolute atomic E-state index is 11.2. The van der Waals surface area contributed by atoms with Gasteiger partial charge in [0.1, 0.15) is 16.8 Å². The largest absolute Gasteiger partial charge is 0.384 e. The molecule has 4 rings (SSSR count). The molecule has 3 N–H and O–H groups in total. The predicted molar refractivity (Wildman–Crippen MR) is 129 cm³/mol. The molecule has 36 heavy (non-hydrogen) atoms. The zero-order valence-corrected chi connectivity index (χ0v) is 21.5. The highest BCUT2D eigenvalue weighted by Gasteiger charge is 2.37. The van der Waals surface area contributed by atoms with Crippen molar-refractivity contribution >= 4 is 0 Å². The normalized spacial score (nSPS) is 29.8. The minimum Gasteiger partial charge on any atom is -0.384 e. The number of hydrogen-bond donors (Lipinski definition) is 3. The second-order valence-corrected chi connectivity index (χ2v) is 10.8. The molecule has 0 amide bonds. The molecule has 0 aromatic rings. The highest BCUT2D eigenvalue weighted by molar-refractivity contribution is 4.89. The summed E-state index contributed by atoms with van der Waals surface area (Å²) in [6.45, 7) is 9.84. The third-order valence-electron chi connectivity index (χ3n) is 7.09. The summed E-state index contributed by atoms with van der Waals surface area (Å²) in [6, 6.07) is 0. The van der Waals surface area contributed by atoms with Crippen molar-refractivity contribution in [2.24, 2.45) is 0 Å². The van der Waals surface area contributed by atoms with Gasteiger partial charge in [-0.05, 0) is 0 Å². The molecular weight excluding hydrogens is 474 g/mol. The van der Waals surface area contributed by atoms with E-state index >= 15 is 0 Å². The van der Waals surface area contributed by atoms with Crippen LogP contribution in [0.2, 0.25) is 0 Å². The molecule has 0 atom stereocenters. The Labute approximate surface area is 213 Å². The Morgan fingerprint density at radius 2 is 0.583 bits per heavy atom. The summed E-state index contributed by atoms with van der Waals surface area (Å²) in [6.07, 6.45) is 0. The Kier molecular flexibility index (Phi) is 10.7. The first-order chi connectivity index (χ1) is 17.4. The standard InChI is InChI=1S/C24H45N3O9/c28-22(16-31-7-8-32-17-22)13-25-1-2-26(14-23(29)18-33-9-10-34-19-23)5-6-27(4-3-25)15-24(30)20-35-11-12-36-21-24/h28-30H,1-21H2. The lowest BCUT2D eigenvalue weighted by Gasteiger charge is -2.35. The number of β-amino-alcohol motifs (C(OH)–C–C–N with tert-alkyl or cyclic N) is 3. The first-order valence-electron chi connectivity index (χ1n) is 13.2. The second-order valence-electron chi connectivity index (χ2n) is 10.8. The number of aliphatic hydroxyl groups is 3. The third kappa shape index (κ3) is 9.07. The molecule has 0 unspecified atom stereocenters.